The monoisotopic (exact) mass is 199 g/mol. The molecule has 0 aromatic rings. The van der Waals surface area contributed by atoms with Gasteiger partial charge in [-0.05, 0) is 50.8 Å². The minimum Gasteiger partial charge on any atom is -0.314 e. The van der Waals surface area contributed by atoms with Crippen molar-refractivity contribution < 1.29 is 0 Å². The van der Waals surface area contributed by atoms with E-state index in [1.54, 1.807) is 0 Å². The maximum atomic E-state index is 3.73. The van der Waals surface area contributed by atoms with Gasteiger partial charge in [-0.25, -0.2) is 0 Å². The Labute approximate surface area is 86.0 Å². The highest BCUT2D eigenvalue weighted by molar-refractivity contribution is 7.99. The van der Waals surface area contributed by atoms with Gasteiger partial charge in [0.2, 0.25) is 0 Å². The van der Waals surface area contributed by atoms with Crippen LogP contribution in [0.25, 0.3) is 0 Å². The Balaban J connectivity index is 1.59. The summed E-state index contributed by atoms with van der Waals surface area (Å²) in [6, 6.07) is 0.845. The Morgan fingerprint density at radius 2 is 2.08 bits per heavy atom. The minimum absolute atomic E-state index is 0.845. The zero-order valence-electron chi connectivity index (χ0n) is 8.59. The van der Waals surface area contributed by atoms with Crippen molar-refractivity contribution in [1.29, 1.82) is 0 Å². The molecule has 1 nitrogen and oxygen atoms in total. The number of rotatable bonds is 4. The summed E-state index contributed by atoms with van der Waals surface area (Å²) in [6.07, 6.45) is 10.9. The highest BCUT2D eigenvalue weighted by Gasteiger charge is 2.25. The average molecular weight is 199 g/mol. The van der Waals surface area contributed by atoms with E-state index in [1.807, 2.05) is 0 Å². The fourth-order valence-electron chi connectivity index (χ4n) is 2.37. The molecule has 0 amide bonds. The predicted octanol–water partition coefficient (Wildman–Crippen LogP) is 2.66. The molecule has 2 rings (SSSR count). The molecular weight excluding hydrogens is 178 g/mol. The lowest BCUT2D eigenvalue weighted by Crippen LogP contribution is -2.34. The van der Waals surface area contributed by atoms with Crippen molar-refractivity contribution in [3.05, 3.63) is 0 Å². The van der Waals surface area contributed by atoms with Crippen LogP contribution in [0.5, 0.6) is 0 Å². The van der Waals surface area contributed by atoms with Crippen LogP contribution in [-0.4, -0.2) is 24.1 Å². The number of nitrogens with one attached hydrogen (secondary N) is 1. The summed E-state index contributed by atoms with van der Waals surface area (Å²) in [5.74, 6) is 1.02. The molecule has 2 aliphatic rings. The molecular formula is C11H21NS. The van der Waals surface area contributed by atoms with E-state index in [4.69, 9.17) is 0 Å². The molecule has 2 unspecified atom stereocenters. The Kier molecular flexibility index (Phi) is 3.56. The Morgan fingerprint density at radius 3 is 2.62 bits per heavy atom. The number of hydrogen-bond acceptors (Lipinski definition) is 2. The van der Waals surface area contributed by atoms with Crippen molar-refractivity contribution in [1.82, 2.24) is 5.32 Å². The summed E-state index contributed by atoms with van der Waals surface area (Å²) in [5.41, 5.74) is 0. The molecule has 2 fully saturated rings. The lowest BCUT2D eigenvalue weighted by molar-refractivity contribution is 0.289. The van der Waals surface area contributed by atoms with Crippen LogP contribution in [0.4, 0.5) is 0 Å². The maximum absolute atomic E-state index is 3.73. The second kappa shape index (κ2) is 4.70. The van der Waals surface area contributed by atoms with Crippen LogP contribution in [0.3, 0.4) is 0 Å². The minimum atomic E-state index is 0.845. The van der Waals surface area contributed by atoms with E-state index in [-0.39, 0.29) is 0 Å². The van der Waals surface area contributed by atoms with Gasteiger partial charge in [-0.15, -0.1) is 0 Å². The highest BCUT2D eigenvalue weighted by Crippen LogP contribution is 2.30. The molecule has 2 aliphatic carbocycles. The van der Waals surface area contributed by atoms with Crippen molar-refractivity contribution in [3.63, 3.8) is 0 Å². The zero-order chi connectivity index (χ0) is 9.10. The molecule has 0 aliphatic heterocycles. The first kappa shape index (κ1) is 9.85. The summed E-state index contributed by atoms with van der Waals surface area (Å²) in [7, 11) is 0. The van der Waals surface area contributed by atoms with Crippen LogP contribution in [0.15, 0.2) is 0 Å². The SMILES string of the molecule is CSC1CCC(NCC2CCC2)C1. The summed E-state index contributed by atoms with van der Waals surface area (Å²) in [6.45, 7) is 1.30. The van der Waals surface area contributed by atoms with Gasteiger partial charge in [0.15, 0.2) is 0 Å². The van der Waals surface area contributed by atoms with Crippen molar-refractivity contribution in [2.75, 3.05) is 12.8 Å². The Hall–Kier alpha value is 0.310. The van der Waals surface area contributed by atoms with Crippen LogP contribution < -0.4 is 5.32 Å². The first-order valence-corrected chi connectivity index (χ1v) is 6.93. The first-order chi connectivity index (χ1) is 6.38. The van der Waals surface area contributed by atoms with Gasteiger partial charge in [0, 0.05) is 11.3 Å². The molecule has 2 atom stereocenters. The fraction of sp³-hybridized carbons (Fsp3) is 1.00. The normalized spacial score (nSPS) is 34.8. The van der Waals surface area contributed by atoms with Gasteiger partial charge in [0.1, 0.15) is 0 Å². The largest absolute Gasteiger partial charge is 0.314 e. The molecule has 2 heteroatoms. The summed E-state index contributed by atoms with van der Waals surface area (Å²) in [5, 5.41) is 4.68. The lowest BCUT2D eigenvalue weighted by atomic mass is 9.85. The highest BCUT2D eigenvalue weighted by atomic mass is 32.2. The van der Waals surface area contributed by atoms with Crippen LogP contribution >= 0.6 is 11.8 Å². The fourth-order valence-corrected chi connectivity index (χ4v) is 3.17. The van der Waals surface area contributed by atoms with Gasteiger partial charge in [-0.1, -0.05) is 6.42 Å². The standard InChI is InChI=1S/C11H21NS/c1-13-11-6-5-10(7-11)12-8-9-3-2-4-9/h9-12H,2-8H2,1H3. The van der Waals surface area contributed by atoms with Gasteiger partial charge in [0.25, 0.3) is 0 Å². The quantitative estimate of drug-likeness (QED) is 0.747. The lowest BCUT2D eigenvalue weighted by Gasteiger charge is -2.27. The maximum Gasteiger partial charge on any atom is 0.00781 e. The van der Waals surface area contributed by atoms with Gasteiger partial charge < -0.3 is 5.32 Å². The molecule has 0 aromatic heterocycles. The smallest absolute Gasteiger partial charge is 0.00781 e. The van der Waals surface area contributed by atoms with E-state index < -0.39 is 0 Å². The van der Waals surface area contributed by atoms with E-state index in [0.29, 0.717) is 0 Å². The van der Waals surface area contributed by atoms with Crippen LogP contribution in [0.1, 0.15) is 38.5 Å². The molecule has 0 heterocycles. The van der Waals surface area contributed by atoms with Crippen LogP contribution in [0.2, 0.25) is 0 Å². The summed E-state index contributed by atoms with van der Waals surface area (Å²) >= 11 is 2.05. The predicted molar refractivity (Wildman–Crippen MR) is 60.3 cm³/mol. The summed E-state index contributed by atoms with van der Waals surface area (Å²) in [4.78, 5) is 0. The Bertz CT molecular complexity index is 156. The van der Waals surface area contributed by atoms with Crippen molar-refractivity contribution >= 4 is 11.8 Å². The second-order valence-electron chi connectivity index (χ2n) is 4.57. The van der Waals surface area contributed by atoms with E-state index in [0.717, 1.165) is 17.2 Å². The van der Waals surface area contributed by atoms with E-state index >= 15 is 0 Å². The number of thioether (sulfide) groups is 1. The molecule has 0 bridgehead atoms. The molecule has 2 saturated carbocycles. The van der Waals surface area contributed by atoms with Crippen LogP contribution in [-0.2, 0) is 0 Å². The van der Waals surface area contributed by atoms with Crippen LogP contribution in [0, 0.1) is 5.92 Å². The van der Waals surface area contributed by atoms with E-state index in [9.17, 15) is 0 Å². The van der Waals surface area contributed by atoms with Gasteiger partial charge in [-0.2, -0.15) is 11.8 Å². The topological polar surface area (TPSA) is 12.0 Å². The molecule has 0 saturated heterocycles. The van der Waals surface area contributed by atoms with E-state index in [1.165, 1.54) is 45.1 Å². The van der Waals surface area contributed by atoms with Gasteiger partial charge >= 0.3 is 0 Å². The molecule has 0 aromatic carbocycles. The molecule has 13 heavy (non-hydrogen) atoms. The van der Waals surface area contributed by atoms with Crippen molar-refractivity contribution in [2.45, 2.75) is 49.8 Å². The van der Waals surface area contributed by atoms with Crippen molar-refractivity contribution in [2.24, 2.45) is 5.92 Å². The third kappa shape index (κ3) is 2.63. The molecule has 0 radical (unpaired) electrons. The number of hydrogen-bond donors (Lipinski definition) is 1. The molecule has 0 spiro atoms. The third-order valence-electron chi connectivity index (χ3n) is 3.64. The molecule has 1 N–H and O–H groups in total. The van der Waals surface area contributed by atoms with Gasteiger partial charge in [-0.3, -0.25) is 0 Å². The third-order valence-corrected chi connectivity index (χ3v) is 4.73. The zero-order valence-corrected chi connectivity index (χ0v) is 9.41. The first-order valence-electron chi connectivity index (χ1n) is 5.64. The van der Waals surface area contributed by atoms with E-state index in [2.05, 4.69) is 23.3 Å². The van der Waals surface area contributed by atoms with Gasteiger partial charge in [0.05, 0.1) is 0 Å². The summed E-state index contributed by atoms with van der Waals surface area (Å²) < 4.78 is 0. The second-order valence-corrected chi connectivity index (χ2v) is 5.71. The average Bonchev–Trinajstić information content (AvgIpc) is 2.49. The van der Waals surface area contributed by atoms with Crippen molar-refractivity contribution in [3.8, 4) is 0 Å². The molecule has 76 valence electrons. The Morgan fingerprint density at radius 1 is 1.23 bits per heavy atom.